The molecule has 9 rings (SSSR count). The van der Waals surface area contributed by atoms with Crippen LogP contribution in [0.1, 0.15) is 93.9 Å². The summed E-state index contributed by atoms with van der Waals surface area (Å²) in [5, 5.41) is 2.56. The Morgan fingerprint density at radius 2 is 1.13 bits per heavy atom. The normalized spacial score (nSPS) is 15.0. The summed E-state index contributed by atoms with van der Waals surface area (Å²) in [7, 11) is 0. The Morgan fingerprint density at radius 3 is 1.89 bits per heavy atom. The van der Waals surface area contributed by atoms with Crippen molar-refractivity contribution in [3.63, 3.8) is 0 Å². The van der Waals surface area contributed by atoms with Crippen molar-refractivity contribution >= 4 is 27.8 Å². The summed E-state index contributed by atoms with van der Waals surface area (Å²) >= 11 is 0. The van der Waals surface area contributed by atoms with Gasteiger partial charge in [-0.3, -0.25) is 0 Å². The van der Waals surface area contributed by atoms with Crippen LogP contribution in [0.5, 0.6) is 0 Å². The predicted octanol–water partition coefficient (Wildman–Crippen LogP) is 15.1. The van der Waals surface area contributed by atoms with E-state index in [1.54, 1.807) is 0 Å². The molecule has 1 nitrogen and oxygen atoms in total. The molecule has 0 saturated heterocycles. The van der Waals surface area contributed by atoms with Gasteiger partial charge in [-0.05, 0) is 121 Å². The molecule has 7 aromatic rings. The molecule has 0 bridgehead atoms. The minimum atomic E-state index is -0.0753. The molecule has 1 saturated carbocycles. The van der Waals surface area contributed by atoms with Gasteiger partial charge in [0.15, 0.2) is 0 Å². The Balaban J connectivity index is 1.20. The number of para-hydroxylation sites is 1. The number of anilines is 3. The van der Waals surface area contributed by atoms with Crippen LogP contribution in [0.25, 0.3) is 44.2 Å². The molecule has 0 N–H and O–H groups in total. The number of nitrogens with zero attached hydrogens (tertiary/aromatic N) is 1. The Bertz CT molecular complexity index is 2440. The van der Waals surface area contributed by atoms with Crippen molar-refractivity contribution in [3.05, 3.63) is 174 Å². The first-order valence-electron chi connectivity index (χ1n) is 19.7. The molecule has 0 aromatic heterocycles. The van der Waals surface area contributed by atoms with Gasteiger partial charge in [0, 0.05) is 22.5 Å². The SMILES string of the molecule is CC(C)c1ccc(-c2ccc(-c3cccc(N(c4ccc5c(c4)C(C)(C)c4ccccc4-5)c4ccccc4C4CCCCC4)c3)c3ccccc23)cc1. The van der Waals surface area contributed by atoms with Crippen molar-refractivity contribution in [1.29, 1.82) is 0 Å². The van der Waals surface area contributed by atoms with Crippen LogP contribution in [0, 0.1) is 0 Å². The minimum absolute atomic E-state index is 0.0753. The molecule has 7 aromatic carbocycles. The van der Waals surface area contributed by atoms with Crippen LogP contribution in [0.2, 0.25) is 0 Å². The lowest BCUT2D eigenvalue weighted by Gasteiger charge is -2.32. The predicted molar refractivity (Wildman–Crippen MR) is 227 cm³/mol. The lowest BCUT2D eigenvalue weighted by atomic mass is 9.82. The number of fused-ring (bicyclic) bond motifs is 4. The zero-order valence-corrected chi connectivity index (χ0v) is 31.6. The van der Waals surface area contributed by atoms with Crippen LogP contribution in [0.4, 0.5) is 17.1 Å². The monoisotopic (exact) mass is 687 g/mol. The van der Waals surface area contributed by atoms with Gasteiger partial charge >= 0.3 is 0 Å². The minimum Gasteiger partial charge on any atom is -0.310 e. The van der Waals surface area contributed by atoms with Gasteiger partial charge in [-0.2, -0.15) is 0 Å². The van der Waals surface area contributed by atoms with Gasteiger partial charge in [0.25, 0.3) is 0 Å². The van der Waals surface area contributed by atoms with Crippen LogP contribution < -0.4 is 4.90 Å². The van der Waals surface area contributed by atoms with Crippen molar-refractivity contribution < 1.29 is 0 Å². The molecule has 2 aliphatic carbocycles. The van der Waals surface area contributed by atoms with Crippen molar-refractivity contribution in [1.82, 2.24) is 0 Å². The maximum absolute atomic E-state index is 2.56. The lowest BCUT2D eigenvalue weighted by molar-refractivity contribution is 0.444. The second kappa shape index (κ2) is 13.5. The Morgan fingerprint density at radius 1 is 0.509 bits per heavy atom. The highest BCUT2D eigenvalue weighted by atomic mass is 15.1. The van der Waals surface area contributed by atoms with E-state index in [1.807, 2.05) is 0 Å². The largest absolute Gasteiger partial charge is 0.310 e. The van der Waals surface area contributed by atoms with Gasteiger partial charge in [-0.1, -0.05) is 168 Å². The highest BCUT2D eigenvalue weighted by Crippen LogP contribution is 2.51. The third-order valence-corrected chi connectivity index (χ3v) is 12.3. The van der Waals surface area contributed by atoms with Crippen LogP contribution in [-0.4, -0.2) is 0 Å². The quantitative estimate of drug-likeness (QED) is 0.161. The summed E-state index contributed by atoms with van der Waals surface area (Å²) in [6.07, 6.45) is 6.49. The van der Waals surface area contributed by atoms with Crippen LogP contribution in [-0.2, 0) is 5.41 Å². The lowest BCUT2D eigenvalue weighted by Crippen LogP contribution is -2.18. The number of hydrogen-bond acceptors (Lipinski definition) is 1. The van der Waals surface area contributed by atoms with E-state index in [1.165, 1.54) is 116 Å². The first kappa shape index (κ1) is 33.4. The van der Waals surface area contributed by atoms with Crippen molar-refractivity contribution in [2.45, 2.75) is 77.0 Å². The third kappa shape index (κ3) is 5.88. The summed E-state index contributed by atoms with van der Waals surface area (Å²) in [6.45, 7) is 9.28. The first-order chi connectivity index (χ1) is 25.9. The van der Waals surface area contributed by atoms with E-state index in [9.17, 15) is 0 Å². The molecular weight excluding hydrogens is 639 g/mol. The molecule has 0 atom stereocenters. The van der Waals surface area contributed by atoms with Gasteiger partial charge < -0.3 is 4.90 Å². The molecule has 0 radical (unpaired) electrons. The number of rotatable bonds is 7. The molecule has 0 unspecified atom stereocenters. The first-order valence-corrected chi connectivity index (χ1v) is 19.7. The fourth-order valence-electron chi connectivity index (χ4n) is 9.37. The maximum Gasteiger partial charge on any atom is 0.0496 e. The van der Waals surface area contributed by atoms with E-state index < -0.39 is 0 Å². The highest BCUT2D eigenvalue weighted by molar-refractivity contribution is 6.05. The van der Waals surface area contributed by atoms with E-state index in [0.717, 1.165) is 0 Å². The summed E-state index contributed by atoms with van der Waals surface area (Å²) in [6, 6.07) is 57.4. The topological polar surface area (TPSA) is 3.24 Å². The van der Waals surface area contributed by atoms with Crippen molar-refractivity contribution in [2.24, 2.45) is 0 Å². The fourth-order valence-corrected chi connectivity index (χ4v) is 9.37. The zero-order valence-electron chi connectivity index (χ0n) is 31.6. The average Bonchev–Trinajstić information content (AvgIpc) is 3.43. The fraction of sp³-hybridized carbons (Fsp3) is 0.231. The number of hydrogen-bond donors (Lipinski definition) is 0. The smallest absolute Gasteiger partial charge is 0.0496 e. The molecule has 1 heteroatoms. The molecular formula is C52H49N. The van der Waals surface area contributed by atoms with Gasteiger partial charge in [0.2, 0.25) is 0 Å². The highest BCUT2D eigenvalue weighted by Gasteiger charge is 2.36. The van der Waals surface area contributed by atoms with E-state index >= 15 is 0 Å². The van der Waals surface area contributed by atoms with E-state index in [0.29, 0.717) is 11.8 Å². The Kier molecular flexibility index (Phi) is 8.54. The van der Waals surface area contributed by atoms with Gasteiger partial charge in [-0.25, -0.2) is 0 Å². The molecule has 0 heterocycles. The van der Waals surface area contributed by atoms with Crippen LogP contribution in [0.3, 0.4) is 0 Å². The summed E-state index contributed by atoms with van der Waals surface area (Å²) in [5.41, 5.74) is 17.0. The standard InChI is InChI=1S/C52H49N/c1-35(2)36-25-27-38(28-26-36)42-31-32-43(46-21-9-8-20-45(42)46)39-17-14-18-40(33-39)53(51-24-13-11-19-44(51)37-15-6-5-7-16-37)41-29-30-48-47-22-10-12-23-49(47)52(3,4)50(48)34-41/h8-14,17-35,37H,5-7,15-16H2,1-4H3. The molecule has 53 heavy (non-hydrogen) atoms. The summed E-state index contributed by atoms with van der Waals surface area (Å²) < 4.78 is 0. The molecule has 1 fully saturated rings. The summed E-state index contributed by atoms with van der Waals surface area (Å²) in [4.78, 5) is 2.56. The second-order valence-corrected chi connectivity index (χ2v) is 16.2. The third-order valence-electron chi connectivity index (χ3n) is 12.3. The van der Waals surface area contributed by atoms with Crippen LogP contribution in [0.15, 0.2) is 152 Å². The van der Waals surface area contributed by atoms with Gasteiger partial charge in [0.1, 0.15) is 0 Å². The van der Waals surface area contributed by atoms with E-state index in [4.69, 9.17) is 0 Å². The van der Waals surface area contributed by atoms with Gasteiger partial charge in [-0.15, -0.1) is 0 Å². The zero-order chi connectivity index (χ0) is 36.1. The maximum atomic E-state index is 2.56. The second-order valence-electron chi connectivity index (χ2n) is 16.2. The van der Waals surface area contributed by atoms with Crippen molar-refractivity contribution in [3.8, 4) is 33.4 Å². The van der Waals surface area contributed by atoms with E-state index in [2.05, 4.69) is 184 Å². The van der Waals surface area contributed by atoms with Crippen LogP contribution >= 0.6 is 0 Å². The molecule has 0 aliphatic heterocycles. The Labute approximate surface area is 316 Å². The van der Waals surface area contributed by atoms with Crippen molar-refractivity contribution in [2.75, 3.05) is 4.90 Å². The molecule has 0 spiro atoms. The molecule has 0 amide bonds. The summed E-state index contributed by atoms with van der Waals surface area (Å²) in [5.74, 6) is 1.09. The van der Waals surface area contributed by atoms with E-state index in [-0.39, 0.29) is 5.41 Å². The van der Waals surface area contributed by atoms with Gasteiger partial charge in [0.05, 0.1) is 0 Å². The Hall–Kier alpha value is -5.40. The molecule has 262 valence electrons. The number of benzene rings is 7. The average molecular weight is 688 g/mol. The molecule has 2 aliphatic rings.